The molecule has 0 unspecified atom stereocenters. The number of rotatable bonds is 6. The van der Waals surface area contributed by atoms with E-state index in [1.54, 1.807) is 7.11 Å². The first-order valence-corrected chi connectivity index (χ1v) is 8.32. The first-order chi connectivity index (χ1) is 12.3. The standard InChI is InChI=1S/C19H23N3O3/c1-3-20-19(21-11-14-5-4-6-16(9-14)23-2)22-12-15-7-8-17-18(10-15)25-13-24-17/h4-10H,3,11-13H2,1-2H3,(H2,20,21,22). The van der Waals surface area contributed by atoms with Gasteiger partial charge in [-0.15, -0.1) is 0 Å². The van der Waals surface area contributed by atoms with E-state index in [-0.39, 0.29) is 6.79 Å². The third kappa shape index (κ3) is 4.56. The van der Waals surface area contributed by atoms with E-state index in [0.29, 0.717) is 13.1 Å². The predicted octanol–water partition coefficient (Wildman–Crippen LogP) is 2.68. The lowest BCUT2D eigenvalue weighted by molar-refractivity contribution is 0.174. The van der Waals surface area contributed by atoms with Crippen LogP contribution in [0, 0.1) is 0 Å². The third-order valence-electron chi connectivity index (χ3n) is 3.80. The van der Waals surface area contributed by atoms with Gasteiger partial charge in [0.25, 0.3) is 0 Å². The molecule has 0 bridgehead atoms. The number of aliphatic imine (C=N–C) groups is 1. The van der Waals surface area contributed by atoms with E-state index >= 15 is 0 Å². The van der Waals surface area contributed by atoms with Crippen molar-refractivity contribution in [1.82, 2.24) is 10.6 Å². The molecule has 2 aromatic carbocycles. The van der Waals surface area contributed by atoms with E-state index in [0.717, 1.165) is 40.9 Å². The number of hydrogen-bond donors (Lipinski definition) is 2. The first-order valence-electron chi connectivity index (χ1n) is 8.32. The maximum atomic E-state index is 5.41. The van der Waals surface area contributed by atoms with Crippen LogP contribution in [0.3, 0.4) is 0 Å². The van der Waals surface area contributed by atoms with Gasteiger partial charge in [0.15, 0.2) is 17.5 Å². The van der Waals surface area contributed by atoms with Gasteiger partial charge in [-0.05, 0) is 42.3 Å². The SMILES string of the molecule is CCNC(=NCc1cccc(OC)c1)NCc1ccc2c(c1)OCO2. The molecule has 2 N–H and O–H groups in total. The number of fused-ring (bicyclic) bond motifs is 1. The van der Waals surface area contributed by atoms with E-state index in [1.165, 1.54) is 0 Å². The topological polar surface area (TPSA) is 64.1 Å². The number of methoxy groups -OCH3 is 1. The fourth-order valence-corrected chi connectivity index (χ4v) is 2.52. The molecule has 0 saturated heterocycles. The van der Waals surface area contributed by atoms with Gasteiger partial charge in [-0.2, -0.15) is 0 Å². The molecule has 0 amide bonds. The van der Waals surface area contributed by atoms with Gasteiger partial charge >= 0.3 is 0 Å². The zero-order chi connectivity index (χ0) is 17.5. The molecule has 1 aliphatic rings. The second-order valence-electron chi connectivity index (χ2n) is 5.59. The number of nitrogens with one attached hydrogen (secondary N) is 2. The molecule has 0 spiro atoms. The van der Waals surface area contributed by atoms with E-state index in [9.17, 15) is 0 Å². The highest BCUT2D eigenvalue weighted by atomic mass is 16.7. The molecule has 6 heteroatoms. The highest BCUT2D eigenvalue weighted by molar-refractivity contribution is 5.79. The molecular formula is C19H23N3O3. The number of benzene rings is 2. The average Bonchev–Trinajstić information content (AvgIpc) is 3.12. The van der Waals surface area contributed by atoms with Gasteiger partial charge in [0.05, 0.1) is 13.7 Å². The summed E-state index contributed by atoms with van der Waals surface area (Å²) in [6.07, 6.45) is 0. The second kappa shape index (κ2) is 8.28. The largest absolute Gasteiger partial charge is 0.497 e. The van der Waals surface area contributed by atoms with Crippen LogP contribution in [-0.4, -0.2) is 26.4 Å². The highest BCUT2D eigenvalue weighted by Gasteiger charge is 2.13. The van der Waals surface area contributed by atoms with Crippen molar-refractivity contribution in [1.29, 1.82) is 0 Å². The normalized spacial score (nSPS) is 12.8. The van der Waals surface area contributed by atoms with Gasteiger partial charge in [-0.3, -0.25) is 0 Å². The lowest BCUT2D eigenvalue weighted by Crippen LogP contribution is -2.36. The van der Waals surface area contributed by atoms with Crippen LogP contribution in [0.5, 0.6) is 17.2 Å². The Morgan fingerprint density at radius 2 is 1.96 bits per heavy atom. The molecule has 0 aliphatic carbocycles. The number of hydrogen-bond acceptors (Lipinski definition) is 4. The molecule has 1 aliphatic heterocycles. The van der Waals surface area contributed by atoms with Gasteiger partial charge < -0.3 is 24.8 Å². The van der Waals surface area contributed by atoms with Crippen LogP contribution in [0.15, 0.2) is 47.5 Å². The smallest absolute Gasteiger partial charge is 0.231 e. The Balaban J connectivity index is 1.62. The van der Waals surface area contributed by atoms with Crippen LogP contribution >= 0.6 is 0 Å². The zero-order valence-electron chi connectivity index (χ0n) is 14.5. The lowest BCUT2D eigenvalue weighted by Gasteiger charge is -2.12. The molecule has 0 saturated carbocycles. The van der Waals surface area contributed by atoms with Gasteiger partial charge in [-0.25, -0.2) is 4.99 Å². The Hall–Kier alpha value is -2.89. The van der Waals surface area contributed by atoms with E-state index in [4.69, 9.17) is 14.2 Å². The molecular weight excluding hydrogens is 318 g/mol. The van der Waals surface area contributed by atoms with Crippen molar-refractivity contribution in [3.05, 3.63) is 53.6 Å². The third-order valence-corrected chi connectivity index (χ3v) is 3.80. The van der Waals surface area contributed by atoms with Crippen LogP contribution in [0.2, 0.25) is 0 Å². The predicted molar refractivity (Wildman–Crippen MR) is 97.2 cm³/mol. The summed E-state index contributed by atoms with van der Waals surface area (Å²) in [5.74, 6) is 3.19. The number of ether oxygens (including phenoxy) is 3. The highest BCUT2D eigenvalue weighted by Crippen LogP contribution is 2.32. The van der Waals surface area contributed by atoms with Crippen molar-refractivity contribution in [2.75, 3.05) is 20.4 Å². The van der Waals surface area contributed by atoms with Gasteiger partial charge in [0.1, 0.15) is 5.75 Å². The molecule has 132 valence electrons. The van der Waals surface area contributed by atoms with Crippen molar-refractivity contribution >= 4 is 5.96 Å². The fraction of sp³-hybridized carbons (Fsp3) is 0.316. The van der Waals surface area contributed by atoms with Crippen LogP contribution in [-0.2, 0) is 13.1 Å². The van der Waals surface area contributed by atoms with Crippen molar-refractivity contribution in [3.63, 3.8) is 0 Å². The maximum Gasteiger partial charge on any atom is 0.231 e. The Bertz CT molecular complexity index is 746. The summed E-state index contributed by atoms with van der Waals surface area (Å²) in [6, 6.07) is 13.9. The molecule has 0 radical (unpaired) electrons. The Labute approximate surface area is 147 Å². The maximum absolute atomic E-state index is 5.41. The summed E-state index contributed by atoms with van der Waals surface area (Å²) in [6.45, 7) is 4.36. The molecule has 25 heavy (non-hydrogen) atoms. The van der Waals surface area contributed by atoms with E-state index in [2.05, 4.69) is 15.6 Å². The van der Waals surface area contributed by atoms with Gasteiger partial charge in [0.2, 0.25) is 6.79 Å². The van der Waals surface area contributed by atoms with Crippen LogP contribution < -0.4 is 24.8 Å². The average molecular weight is 341 g/mol. The quantitative estimate of drug-likeness (QED) is 0.625. The fourth-order valence-electron chi connectivity index (χ4n) is 2.52. The van der Waals surface area contributed by atoms with Crippen LogP contribution in [0.1, 0.15) is 18.1 Å². The Morgan fingerprint density at radius 1 is 1.08 bits per heavy atom. The second-order valence-corrected chi connectivity index (χ2v) is 5.59. The summed E-state index contributed by atoms with van der Waals surface area (Å²) in [7, 11) is 1.67. The van der Waals surface area contributed by atoms with Crippen molar-refractivity contribution in [2.45, 2.75) is 20.0 Å². The van der Waals surface area contributed by atoms with Crippen molar-refractivity contribution in [3.8, 4) is 17.2 Å². The zero-order valence-corrected chi connectivity index (χ0v) is 14.5. The minimum absolute atomic E-state index is 0.289. The number of guanidine groups is 1. The monoisotopic (exact) mass is 341 g/mol. The summed E-state index contributed by atoms with van der Waals surface area (Å²) >= 11 is 0. The van der Waals surface area contributed by atoms with Gasteiger partial charge in [-0.1, -0.05) is 18.2 Å². The molecule has 2 aromatic rings. The molecule has 3 rings (SSSR count). The molecule has 0 atom stereocenters. The van der Waals surface area contributed by atoms with Crippen molar-refractivity contribution < 1.29 is 14.2 Å². The molecule has 6 nitrogen and oxygen atoms in total. The molecule has 0 fully saturated rings. The van der Waals surface area contributed by atoms with E-state index < -0.39 is 0 Å². The molecule has 0 aromatic heterocycles. The lowest BCUT2D eigenvalue weighted by atomic mass is 10.2. The minimum atomic E-state index is 0.289. The first kappa shape index (κ1) is 17.0. The van der Waals surface area contributed by atoms with E-state index in [1.807, 2.05) is 49.4 Å². The van der Waals surface area contributed by atoms with Gasteiger partial charge in [0, 0.05) is 13.1 Å². The summed E-state index contributed by atoms with van der Waals surface area (Å²) in [5, 5.41) is 6.59. The Kier molecular flexibility index (Phi) is 5.61. The summed E-state index contributed by atoms with van der Waals surface area (Å²) in [4.78, 5) is 4.63. The summed E-state index contributed by atoms with van der Waals surface area (Å²) in [5.41, 5.74) is 2.20. The summed E-state index contributed by atoms with van der Waals surface area (Å²) < 4.78 is 16.0. The molecule has 1 heterocycles. The van der Waals surface area contributed by atoms with Crippen molar-refractivity contribution in [2.24, 2.45) is 4.99 Å². The van der Waals surface area contributed by atoms with Crippen LogP contribution in [0.25, 0.3) is 0 Å². The number of nitrogens with zero attached hydrogens (tertiary/aromatic N) is 1. The Morgan fingerprint density at radius 3 is 2.80 bits per heavy atom. The minimum Gasteiger partial charge on any atom is -0.497 e. The van der Waals surface area contributed by atoms with Crippen LogP contribution in [0.4, 0.5) is 0 Å².